The van der Waals surface area contributed by atoms with E-state index in [1.54, 1.807) is 4.90 Å². The molecule has 30 heavy (non-hydrogen) atoms. The Hall–Kier alpha value is -3.61. The number of hydrogen-bond donors (Lipinski definition) is 2. The van der Waals surface area contributed by atoms with Crippen molar-refractivity contribution >= 4 is 28.7 Å². The standard InChI is InChI=1S/C23H22N4O3/c28-20(19-13-17-9-4-5-10-18(17)24-19)26-12-6-11-23(15-26)21(29)27(22(30)25-23)14-16-7-2-1-3-8-16/h1-5,7-10,13,24H,6,11-12,14-15H2,(H,25,30)/t23-/m0/s1. The van der Waals surface area contributed by atoms with Gasteiger partial charge in [0.1, 0.15) is 11.2 Å². The number of para-hydroxylation sites is 1. The molecule has 2 N–H and O–H groups in total. The van der Waals surface area contributed by atoms with Gasteiger partial charge in [-0.2, -0.15) is 0 Å². The average Bonchev–Trinajstić information content (AvgIpc) is 3.29. The molecular weight excluding hydrogens is 380 g/mol. The molecule has 152 valence electrons. The first-order chi connectivity index (χ1) is 14.6. The summed E-state index contributed by atoms with van der Waals surface area (Å²) in [5, 5.41) is 3.85. The molecule has 2 fully saturated rings. The number of aromatic amines is 1. The predicted molar refractivity (Wildman–Crippen MR) is 112 cm³/mol. The molecule has 2 aliphatic heterocycles. The van der Waals surface area contributed by atoms with Crippen LogP contribution in [-0.4, -0.2) is 51.3 Å². The fourth-order valence-electron chi connectivity index (χ4n) is 4.45. The zero-order valence-electron chi connectivity index (χ0n) is 16.4. The van der Waals surface area contributed by atoms with Gasteiger partial charge in [-0.25, -0.2) is 4.79 Å². The summed E-state index contributed by atoms with van der Waals surface area (Å²) in [7, 11) is 0. The molecule has 0 bridgehead atoms. The van der Waals surface area contributed by atoms with Crippen molar-refractivity contribution in [1.82, 2.24) is 20.1 Å². The number of piperidine rings is 1. The van der Waals surface area contributed by atoms with Crippen molar-refractivity contribution in [3.8, 4) is 0 Å². The lowest BCUT2D eigenvalue weighted by molar-refractivity contribution is -0.133. The number of hydrogen-bond acceptors (Lipinski definition) is 3. The van der Waals surface area contributed by atoms with Crippen molar-refractivity contribution in [2.24, 2.45) is 0 Å². The summed E-state index contributed by atoms with van der Waals surface area (Å²) >= 11 is 0. The van der Waals surface area contributed by atoms with Gasteiger partial charge >= 0.3 is 6.03 Å². The Labute approximate surface area is 173 Å². The van der Waals surface area contributed by atoms with E-state index >= 15 is 0 Å². The lowest BCUT2D eigenvalue weighted by Crippen LogP contribution is -2.59. The summed E-state index contributed by atoms with van der Waals surface area (Å²) < 4.78 is 0. The zero-order chi connectivity index (χ0) is 20.7. The van der Waals surface area contributed by atoms with E-state index in [1.165, 1.54) is 4.90 Å². The van der Waals surface area contributed by atoms with Crippen molar-refractivity contribution in [1.29, 1.82) is 0 Å². The highest BCUT2D eigenvalue weighted by Gasteiger charge is 2.53. The molecule has 1 spiro atoms. The van der Waals surface area contributed by atoms with Crippen molar-refractivity contribution in [2.75, 3.05) is 13.1 Å². The van der Waals surface area contributed by atoms with Gasteiger partial charge in [0, 0.05) is 17.4 Å². The molecule has 1 atom stereocenters. The summed E-state index contributed by atoms with van der Waals surface area (Å²) in [5.74, 6) is -0.417. The topological polar surface area (TPSA) is 85.5 Å². The van der Waals surface area contributed by atoms with E-state index in [0.717, 1.165) is 16.5 Å². The van der Waals surface area contributed by atoms with Gasteiger partial charge in [0.2, 0.25) is 0 Å². The molecule has 4 amide bonds. The minimum atomic E-state index is -1.05. The number of carbonyl (C=O) groups excluding carboxylic acids is 3. The first-order valence-electron chi connectivity index (χ1n) is 10.1. The monoisotopic (exact) mass is 402 g/mol. The maximum Gasteiger partial charge on any atom is 0.325 e. The highest BCUT2D eigenvalue weighted by Crippen LogP contribution is 2.30. The second-order valence-corrected chi connectivity index (χ2v) is 7.99. The van der Waals surface area contributed by atoms with E-state index in [2.05, 4.69) is 10.3 Å². The zero-order valence-corrected chi connectivity index (χ0v) is 16.4. The van der Waals surface area contributed by atoms with Crippen molar-refractivity contribution < 1.29 is 14.4 Å². The number of nitrogens with one attached hydrogen (secondary N) is 2. The largest absolute Gasteiger partial charge is 0.351 e. The van der Waals surface area contributed by atoms with Crippen LogP contribution in [0.15, 0.2) is 60.7 Å². The number of urea groups is 1. The molecule has 3 aromatic rings. The van der Waals surface area contributed by atoms with Crippen LogP contribution < -0.4 is 5.32 Å². The first-order valence-corrected chi connectivity index (χ1v) is 10.1. The van der Waals surface area contributed by atoms with Crippen LogP contribution in [-0.2, 0) is 11.3 Å². The molecule has 0 saturated carbocycles. The second kappa shape index (κ2) is 7.02. The van der Waals surface area contributed by atoms with Crippen LogP contribution in [0.5, 0.6) is 0 Å². The van der Waals surface area contributed by atoms with Crippen molar-refractivity contribution in [3.63, 3.8) is 0 Å². The maximum atomic E-state index is 13.2. The Morgan fingerprint density at radius 3 is 2.60 bits per heavy atom. The van der Waals surface area contributed by atoms with E-state index in [-0.39, 0.29) is 24.9 Å². The van der Waals surface area contributed by atoms with Crippen molar-refractivity contribution in [2.45, 2.75) is 24.9 Å². The predicted octanol–water partition coefficient (Wildman–Crippen LogP) is 2.89. The van der Waals surface area contributed by atoms with Gasteiger partial charge in [-0.15, -0.1) is 0 Å². The molecular formula is C23H22N4O3. The quantitative estimate of drug-likeness (QED) is 0.661. The molecule has 1 aromatic heterocycles. The number of nitrogens with zero attached hydrogens (tertiary/aromatic N) is 2. The summed E-state index contributed by atoms with van der Waals surface area (Å²) in [6.45, 7) is 0.956. The van der Waals surface area contributed by atoms with Gasteiger partial charge in [0.25, 0.3) is 11.8 Å². The molecule has 0 aliphatic carbocycles. The lowest BCUT2D eigenvalue weighted by Gasteiger charge is -2.38. The number of carbonyl (C=O) groups is 3. The fraction of sp³-hybridized carbons (Fsp3) is 0.261. The molecule has 2 aliphatic rings. The second-order valence-electron chi connectivity index (χ2n) is 7.99. The number of aromatic nitrogens is 1. The number of H-pyrrole nitrogens is 1. The van der Waals surface area contributed by atoms with Gasteiger partial charge < -0.3 is 15.2 Å². The van der Waals surface area contributed by atoms with Crippen LogP contribution in [0.3, 0.4) is 0 Å². The Kier molecular flexibility index (Phi) is 4.31. The lowest BCUT2D eigenvalue weighted by atomic mass is 9.88. The van der Waals surface area contributed by atoms with E-state index in [1.807, 2.05) is 60.7 Å². The molecule has 7 nitrogen and oxygen atoms in total. The van der Waals surface area contributed by atoms with Crippen molar-refractivity contribution in [3.05, 3.63) is 71.9 Å². The molecule has 3 heterocycles. The van der Waals surface area contributed by atoms with Gasteiger partial charge in [0.15, 0.2) is 0 Å². The van der Waals surface area contributed by atoms with Crippen LogP contribution in [0, 0.1) is 0 Å². The summed E-state index contributed by atoms with van der Waals surface area (Å²) in [5.41, 5.74) is 1.23. The number of fused-ring (bicyclic) bond motifs is 1. The molecule has 0 radical (unpaired) electrons. The molecule has 7 heteroatoms. The summed E-state index contributed by atoms with van der Waals surface area (Å²) in [4.78, 5) is 45.1. The van der Waals surface area contributed by atoms with Crippen LogP contribution in [0.2, 0.25) is 0 Å². The third-order valence-corrected chi connectivity index (χ3v) is 5.97. The van der Waals surface area contributed by atoms with Gasteiger partial charge in [-0.3, -0.25) is 14.5 Å². The Bertz CT molecular complexity index is 1110. The van der Waals surface area contributed by atoms with E-state index in [9.17, 15) is 14.4 Å². The van der Waals surface area contributed by atoms with E-state index in [0.29, 0.717) is 25.1 Å². The number of benzene rings is 2. The first kappa shape index (κ1) is 18.4. The van der Waals surface area contributed by atoms with Crippen LogP contribution in [0.1, 0.15) is 28.9 Å². The van der Waals surface area contributed by atoms with Crippen LogP contribution in [0.4, 0.5) is 4.79 Å². The summed E-state index contributed by atoms with van der Waals surface area (Å²) in [6, 6.07) is 18.6. The number of likely N-dealkylation sites (tertiary alicyclic amines) is 1. The Morgan fingerprint density at radius 2 is 1.80 bits per heavy atom. The van der Waals surface area contributed by atoms with Gasteiger partial charge in [0.05, 0.1) is 13.1 Å². The third kappa shape index (κ3) is 3.03. The third-order valence-electron chi connectivity index (χ3n) is 5.97. The smallest absolute Gasteiger partial charge is 0.325 e. The molecule has 2 aromatic carbocycles. The highest BCUT2D eigenvalue weighted by atomic mass is 16.2. The van der Waals surface area contributed by atoms with Crippen LogP contribution >= 0.6 is 0 Å². The SMILES string of the molecule is O=C(c1cc2ccccc2[nH]1)N1CCC[C@@]2(C1)NC(=O)N(Cc1ccccc1)C2=O. The molecule has 0 unspecified atom stereocenters. The molecule has 2 saturated heterocycles. The average molecular weight is 402 g/mol. The minimum absolute atomic E-state index is 0.158. The maximum absolute atomic E-state index is 13.2. The summed E-state index contributed by atoms with van der Waals surface area (Å²) in [6.07, 6.45) is 1.18. The van der Waals surface area contributed by atoms with E-state index < -0.39 is 11.6 Å². The van der Waals surface area contributed by atoms with Gasteiger partial charge in [-0.1, -0.05) is 48.5 Å². The molecule has 5 rings (SSSR count). The fourth-order valence-corrected chi connectivity index (χ4v) is 4.45. The van der Waals surface area contributed by atoms with E-state index in [4.69, 9.17) is 0 Å². The Balaban J connectivity index is 1.37. The van der Waals surface area contributed by atoms with Gasteiger partial charge in [-0.05, 0) is 30.5 Å². The number of amides is 4. The Morgan fingerprint density at radius 1 is 1.03 bits per heavy atom. The normalized spacial score (nSPS) is 21.5. The highest BCUT2D eigenvalue weighted by molar-refractivity contribution is 6.08. The minimum Gasteiger partial charge on any atom is -0.351 e. The van der Waals surface area contributed by atoms with Crippen LogP contribution in [0.25, 0.3) is 10.9 Å². The number of imide groups is 1. The number of rotatable bonds is 3.